The van der Waals surface area contributed by atoms with E-state index >= 15 is 0 Å². The SMILES string of the molecule is COC(=CC=Cc1ccccc1)[Si](C)(C)C. The minimum Gasteiger partial charge on any atom is -0.506 e. The lowest BCUT2D eigenvalue weighted by molar-refractivity contribution is 0.316. The number of allylic oxidation sites excluding steroid dienone is 2. The lowest BCUT2D eigenvalue weighted by Crippen LogP contribution is -2.24. The fourth-order valence-electron chi connectivity index (χ4n) is 1.43. The molecule has 1 aromatic carbocycles. The maximum absolute atomic E-state index is 5.42. The summed E-state index contributed by atoms with van der Waals surface area (Å²) in [5, 5.41) is 1.12. The van der Waals surface area contributed by atoms with Crippen LogP contribution in [0.1, 0.15) is 5.56 Å². The molecular formula is C14H20OSi. The van der Waals surface area contributed by atoms with Crippen molar-refractivity contribution in [3.63, 3.8) is 0 Å². The second-order valence-electron chi connectivity index (χ2n) is 4.75. The summed E-state index contributed by atoms with van der Waals surface area (Å²) in [5.74, 6) is 0. The average Bonchev–Trinajstić information content (AvgIpc) is 2.24. The minimum absolute atomic E-state index is 1.12. The van der Waals surface area contributed by atoms with Gasteiger partial charge in [-0.25, -0.2) is 0 Å². The Bertz CT molecular complexity index is 371. The quantitative estimate of drug-likeness (QED) is 0.431. The van der Waals surface area contributed by atoms with Crippen LogP contribution < -0.4 is 0 Å². The normalized spacial score (nSPS) is 13.1. The van der Waals surface area contributed by atoms with E-state index in [1.807, 2.05) is 18.2 Å². The van der Waals surface area contributed by atoms with Crippen molar-refractivity contribution in [3.05, 3.63) is 53.4 Å². The van der Waals surface area contributed by atoms with Crippen LogP contribution in [0.4, 0.5) is 0 Å². The third-order valence-corrected chi connectivity index (χ3v) is 4.14. The summed E-state index contributed by atoms with van der Waals surface area (Å²) < 4.78 is 5.42. The molecule has 0 aliphatic heterocycles. The van der Waals surface area contributed by atoms with E-state index in [4.69, 9.17) is 4.74 Å². The first kappa shape index (κ1) is 12.8. The molecule has 0 saturated carbocycles. The molecule has 0 spiro atoms. The van der Waals surface area contributed by atoms with Gasteiger partial charge in [-0.1, -0.05) is 62.1 Å². The molecule has 0 heterocycles. The largest absolute Gasteiger partial charge is 0.506 e. The monoisotopic (exact) mass is 232 g/mol. The van der Waals surface area contributed by atoms with Crippen molar-refractivity contribution in [1.82, 2.24) is 0 Å². The summed E-state index contributed by atoms with van der Waals surface area (Å²) in [6.45, 7) is 6.83. The molecule has 0 aliphatic carbocycles. The molecule has 1 nitrogen and oxygen atoms in total. The van der Waals surface area contributed by atoms with E-state index in [-0.39, 0.29) is 0 Å². The Morgan fingerprint density at radius 2 is 1.75 bits per heavy atom. The van der Waals surface area contributed by atoms with Crippen LogP contribution in [-0.4, -0.2) is 15.2 Å². The Morgan fingerprint density at radius 1 is 1.12 bits per heavy atom. The van der Waals surface area contributed by atoms with E-state index in [1.165, 1.54) is 5.56 Å². The summed E-state index contributed by atoms with van der Waals surface area (Å²) in [5.41, 5.74) is 1.21. The topological polar surface area (TPSA) is 9.23 Å². The lowest BCUT2D eigenvalue weighted by atomic mass is 10.2. The molecular weight excluding hydrogens is 212 g/mol. The van der Waals surface area contributed by atoms with Crippen molar-refractivity contribution in [1.29, 1.82) is 0 Å². The predicted molar refractivity (Wildman–Crippen MR) is 73.9 cm³/mol. The number of methoxy groups -OCH3 is 1. The first-order valence-corrected chi connectivity index (χ1v) is 9.02. The minimum atomic E-state index is -1.34. The highest BCUT2D eigenvalue weighted by Gasteiger charge is 2.19. The van der Waals surface area contributed by atoms with E-state index in [9.17, 15) is 0 Å². The Labute approximate surface area is 99.5 Å². The van der Waals surface area contributed by atoms with E-state index in [1.54, 1.807) is 7.11 Å². The van der Waals surface area contributed by atoms with Crippen LogP contribution in [0.15, 0.2) is 47.9 Å². The summed E-state index contributed by atoms with van der Waals surface area (Å²) >= 11 is 0. The maximum Gasteiger partial charge on any atom is 0.122 e. The zero-order valence-corrected chi connectivity index (χ0v) is 11.5. The molecule has 1 aromatic rings. The molecule has 16 heavy (non-hydrogen) atoms. The van der Waals surface area contributed by atoms with E-state index in [0.717, 1.165) is 5.38 Å². The van der Waals surface area contributed by atoms with Gasteiger partial charge in [0.1, 0.15) is 8.07 Å². The van der Waals surface area contributed by atoms with Crippen LogP contribution >= 0.6 is 0 Å². The Morgan fingerprint density at radius 3 is 2.25 bits per heavy atom. The summed E-state index contributed by atoms with van der Waals surface area (Å²) in [7, 11) is 0.413. The van der Waals surface area contributed by atoms with Crippen molar-refractivity contribution in [2.24, 2.45) is 0 Å². The second kappa shape index (κ2) is 5.71. The molecule has 0 aromatic heterocycles. The molecule has 0 radical (unpaired) electrons. The van der Waals surface area contributed by atoms with Crippen molar-refractivity contribution in [2.75, 3.05) is 7.11 Å². The number of hydrogen-bond donors (Lipinski definition) is 0. The highest BCUT2D eigenvalue weighted by molar-refractivity contribution is 6.82. The van der Waals surface area contributed by atoms with Gasteiger partial charge in [-0.05, 0) is 11.6 Å². The molecule has 0 N–H and O–H groups in total. The molecule has 0 fully saturated rings. The molecule has 0 atom stereocenters. The fourth-order valence-corrected chi connectivity index (χ4v) is 2.64. The summed E-state index contributed by atoms with van der Waals surface area (Å²) in [6.07, 6.45) is 6.24. The van der Waals surface area contributed by atoms with Crippen molar-refractivity contribution in [2.45, 2.75) is 19.6 Å². The van der Waals surface area contributed by atoms with Crippen LogP contribution in [0.3, 0.4) is 0 Å². The van der Waals surface area contributed by atoms with Gasteiger partial charge < -0.3 is 4.74 Å². The van der Waals surface area contributed by atoms with E-state index < -0.39 is 8.07 Å². The Balaban J connectivity index is 2.75. The molecule has 0 bridgehead atoms. The first-order chi connectivity index (χ1) is 7.54. The smallest absolute Gasteiger partial charge is 0.122 e. The Hall–Kier alpha value is -1.28. The van der Waals surface area contributed by atoms with E-state index in [0.29, 0.717) is 0 Å². The number of benzene rings is 1. The van der Waals surface area contributed by atoms with Gasteiger partial charge in [-0.2, -0.15) is 0 Å². The average molecular weight is 232 g/mol. The third kappa shape index (κ3) is 4.07. The van der Waals surface area contributed by atoms with Crippen LogP contribution in [0.5, 0.6) is 0 Å². The number of rotatable bonds is 4. The van der Waals surface area contributed by atoms with Gasteiger partial charge in [0.2, 0.25) is 0 Å². The standard InChI is InChI=1S/C14H20OSi/c1-15-14(16(2,3)4)12-8-11-13-9-6-5-7-10-13/h5-12H,1-4H3. The number of ether oxygens (including phenoxy) is 1. The zero-order valence-electron chi connectivity index (χ0n) is 10.5. The van der Waals surface area contributed by atoms with Crippen molar-refractivity contribution >= 4 is 14.1 Å². The highest BCUT2D eigenvalue weighted by atomic mass is 28.3. The van der Waals surface area contributed by atoms with Gasteiger partial charge in [-0.15, -0.1) is 0 Å². The molecule has 2 heteroatoms. The second-order valence-corrected chi connectivity index (χ2v) is 9.75. The first-order valence-electron chi connectivity index (χ1n) is 5.52. The molecule has 0 unspecified atom stereocenters. The fraction of sp³-hybridized carbons (Fsp3) is 0.286. The van der Waals surface area contributed by atoms with Gasteiger partial charge in [-0.3, -0.25) is 0 Å². The van der Waals surface area contributed by atoms with Gasteiger partial charge in [0.25, 0.3) is 0 Å². The molecule has 1 rings (SSSR count). The Kier molecular flexibility index (Phi) is 4.56. The lowest BCUT2D eigenvalue weighted by Gasteiger charge is -2.18. The van der Waals surface area contributed by atoms with Crippen LogP contribution in [0.25, 0.3) is 6.08 Å². The van der Waals surface area contributed by atoms with Gasteiger partial charge >= 0.3 is 0 Å². The molecule has 86 valence electrons. The van der Waals surface area contributed by atoms with Gasteiger partial charge in [0, 0.05) is 0 Å². The highest BCUT2D eigenvalue weighted by Crippen LogP contribution is 2.15. The molecule has 0 aliphatic rings. The van der Waals surface area contributed by atoms with Gasteiger partial charge in [0.15, 0.2) is 0 Å². The van der Waals surface area contributed by atoms with Crippen LogP contribution in [-0.2, 0) is 4.74 Å². The van der Waals surface area contributed by atoms with Crippen molar-refractivity contribution in [3.8, 4) is 0 Å². The van der Waals surface area contributed by atoms with Crippen molar-refractivity contribution < 1.29 is 4.74 Å². The zero-order chi connectivity index (χ0) is 12.0. The summed E-state index contributed by atoms with van der Waals surface area (Å²) in [6, 6.07) is 10.3. The molecule has 0 amide bonds. The van der Waals surface area contributed by atoms with Crippen LogP contribution in [0, 0.1) is 0 Å². The number of hydrogen-bond acceptors (Lipinski definition) is 1. The maximum atomic E-state index is 5.42. The third-order valence-electron chi connectivity index (χ3n) is 2.29. The van der Waals surface area contributed by atoms with Crippen LogP contribution in [0.2, 0.25) is 19.6 Å². The van der Waals surface area contributed by atoms with Gasteiger partial charge in [0.05, 0.1) is 12.5 Å². The summed E-state index contributed by atoms with van der Waals surface area (Å²) in [4.78, 5) is 0. The molecule has 0 saturated heterocycles. The van der Waals surface area contributed by atoms with E-state index in [2.05, 4.69) is 50.0 Å². The predicted octanol–water partition coefficient (Wildman–Crippen LogP) is 4.11.